The Kier molecular flexibility index (Phi) is 11.2. The molecule has 3 aromatic rings. The summed E-state index contributed by atoms with van der Waals surface area (Å²) in [6, 6.07) is 14.7. The first-order valence-electron chi connectivity index (χ1n) is 17.2. The molecule has 14 heteroatoms. The highest BCUT2D eigenvalue weighted by molar-refractivity contribution is 7.90. The predicted molar refractivity (Wildman–Crippen MR) is 197 cm³/mol. The van der Waals surface area contributed by atoms with E-state index in [0.29, 0.717) is 36.1 Å². The highest BCUT2D eigenvalue weighted by Crippen LogP contribution is 2.45. The Balaban J connectivity index is 1.07. The smallest absolute Gasteiger partial charge is 0.407 e. The van der Waals surface area contributed by atoms with Crippen molar-refractivity contribution in [1.82, 2.24) is 15.5 Å². The number of hydrogen-bond donors (Lipinski definition) is 4. The minimum atomic E-state index is -4.22. The molecule has 0 saturated carbocycles. The number of aliphatic carboxylic acids is 1. The number of carbonyl (C=O) groups excluding carboxylic acids is 2. The number of nitrogens with two attached hydrogens (primary N) is 1. The number of nitrogens with zero attached hydrogens (tertiary/aromatic N) is 2. The number of amides is 2. The molecule has 1 aliphatic heterocycles. The van der Waals surface area contributed by atoms with Gasteiger partial charge in [-0.2, -0.15) is 8.42 Å². The largest absolute Gasteiger partial charge is 0.487 e. The van der Waals surface area contributed by atoms with Crippen LogP contribution >= 0.6 is 0 Å². The van der Waals surface area contributed by atoms with Crippen LogP contribution in [0.2, 0.25) is 0 Å². The number of benzene rings is 3. The van der Waals surface area contributed by atoms with E-state index in [1.54, 1.807) is 13.8 Å². The molecule has 0 bridgehead atoms. The van der Waals surface area contributed by atoms with Gasteiger partial charge in [0.2, 0.25) is 11.9 Å². The average molecular weight is 734 g/mol. The van der Waals surface area contributed by atoms with Crippen molar-refractivity contribution >= 4 is 34.0 Å². The Bertz CT molecular complexity index is 1980. The van der Waals surface area contributed by atoms with Gasteiger partial charge in [-0.15, -0.1) is 4.40 Å². The van der Waals surface area contributed by atoms with Crippen LogP contribution in [0.1, 0.15) is 72.4 Å². The fourth-order valence-electron chi connectivity index (χ4n) is 6.96. The van der Waals surface area contributed by atoms with E-state index in [1.807, 2.05) is 69.3 Å². The number of fused-ring (bicyclic) bond motifs is 4. The van der Waals surface area contributed by atoms with Crippen LogP contribution in [-0.2, 0) is 30.8 Å². The Morgan fingerprint density at radius 2 is 1.63 bits per heavy atom. The zero-order chi connectivity index (χ0) is 38.0. The molecule has 0 radical (unpaired) electrons. The van der Waals surface area contributed by atoms with E-state index in [-0.39, 0.29) is 42.9 Å². The van der Waals surface area contributed by atoms with Gasteiger partial charge >= 0.3 is 12.1 Å². The Morgan fingerprint density at radius 1 is 1.02 bits per heavy atom. The number of alkyl carbamates (subject to hydrolysis) is 1. The summed E-state index contributed by atoms with van der Waals surface area (Å²) in [7, 11) is -2.75. The predicted octanol–water partition coefficient (Wildman–Crippen LogP) is 4.54. The van der Waals surface area contributed by atoms with E-state index in [1.165, 1.54) is 11.9 Å². The maximum absolute atomic E-state index is 13.5. The summed E-state index contributed by atoms with van der Waals surface area (Å²) in [5.74, 6) is -1.41. The maximum atomic E-state index is 13.5. The van der Waals surface area contributed by atoms with Crippen LogP contribution in [0.4, 0.5) is 4.79 Å². The van der Waals surface area contributed by atoms with Crippen molar-refractivity contribution in [1.29, 1.82) is 0 Å². The summed E-state index contributed by atoms with van der Waals surface area (Å²) in [4.78, 5) is 38.5. The van der Waals surface area contributed by atoms with Crippen LogP contribution in [0.3, 0.4) is 0 Å². The van der Waals surface area contributed by atoms with Gasteiger partial charge in [0, 0.05) is 31.5 Å². The fraction of sp³-hybridized carbons (Fsp3) is 0.421. The summed E-state index contributed by atoms with van der Waals surface area (Å²) in [5.41, 5.74) is 12.5. The topological polar surface area (TPSA) is 190 Å². The number of ether oxygens (including phenoxy) is 2. The molecule has 0 saturated heterocycles. The van der Waals surface area contributed by atoms with Crippen LogP contribution in [0, 0.1) is 20.8 Å². The minimum absolute atomic E-state index is 0.0642. The average Bonchev–Trinajstić information content (AvgIpc) is 3.59. The SMILES string of the molecule is Cc1c(C)c(S(=O)(=O)N=C(N)N(C)CC(=O)NCCCC[C@H](NC(=O)OCC2c3ccccc3-c3ccccc32)C(=O)O)c(C)c2c1OC(C)(C)C2. The number of carboxylic acid groups (broad SMARTS) is 1. The number of unbranched alkanes of at least 4 members (excludes halogenated alkanes) is 1. The number of carbonyl (C=O) groups is 3. The first-order valence-corrected chi connectivity index (χ1v) is 18.7. The van der Waals surface area contributed by atoms with Crippen LogP contribution in [0.5, 0.6) is 5.75 Å². The van der Waals surface area contributed by atoms with Crippen molar-refractivity contribution < 1.29 is 37.4 Å². The number of sulfonamides is 1. The molecular weight excluding hydrogens is 687 g/mol. The van der Waals surface area contributed by atoms with E-state index in [2.05, 4.69) is 15.0 Å². The third-order valence-electron chi connectivity index (χ3n) is 9.71. The summed E-state index contributed by atoms with van der Waals surface area (Å²) < 4.78 is 42.4. The third kappa shape index (κ3) is 8.17. The second kappa shape index (κ2) is 15.2. The van der Waals surface area contributed by atoms with Crippen molar-refractivity contribution in [2.75, 3.05) is 26.7 Å². The Morgan fingerprint density at radius 3 is 2.25 bits per heavy atom. The van der Waals surface area contributed by atoms with E-state index >= 15 is 0 Å². The zero-order valence-corrected chi connectivity index (χ0v) is 31.2. The first-order chi connectivity index (χ1) is 24.5. The fourth-order valence-corrected chi connectivity index (χ4v) is 8.49. The van der Waals surface area contributed by atoms with Crippen LogP contribution < -0.4 is 21.1 Å². The number of nitrogens with one attached hydrogen (secondary N) is 2. The molecule has 2 amide bonds. The van der Waals surface area contributed by atoms with Gasteiger partial charge < -0.3 is 35.8 Å². The van der Waals surface area contributed by atoms with E-state index < -0.39 is 39.6 Å². The van der Waals surface area contributed by atoms with Crippen molar-refractivity contribution in [2.45, 2.75) is 82.8 Å². The van der Waals surface area contributed by atoms with Gasteiger partial charge in [-0.3, -0.25) is 4.79 Å². The molecule has 0 aromatic heterocycles. The normalized spacial score (nSPS) is 15.2. The van der Waals surface area contributed by atoms with Gasteiger partial charge in [-0.1, -0.05) is 48.5 Å². The molecule has 0 spiro atoms. The summed E-state index contributed by atoms with van der Waals surface area (Å²) in [6.07, 6.45) is 0.682. The molecule has 0 unspecified atom stereocenters. The van der Waals surface area contributed by atoms with E-state index in [0.717, 1.165) is 33.4 Å². The molecule has 0 fully saturated rings. The summed E-state index contributed by atoms with van der Waals surface area (Å²) >= 11 is 0. The standard InChI is InChI=1S/C38H47N5O8S/c1-22-23(2)34(24(3)29-19-38(4,5)51-33(22)29)52(48,49)42-36(39)43(6)20-32(44)40-18-12-11-17-31(35(45)46)41-37(47)50-21-30-27-15-9-7-13-25(27)26-14-8-10-16-28(26)30/h7-10,13-16,30-31H,11-12,17-21H2,1-6H3,(H2,39,42)(H,40,44)(H,41,47)(H,45,46)/t31-/m0/s1. The van der Waals surface area contributed by atoms with Crippen LogP contribution in [0.25, 0.3) is 11.1 Å². The van der Waals surface area contributed by atoms with E-state index in [4.69, 9.17) is 15.2 Å². The van der Waals surface area contributed by atoms with Crippen LogP contribution in [-0.4, -0.2) is 80.7 Å². The summed E-state index contributed by atoms with van der Waals surface area (Å²) in [6.45, 7) is 9.20. The lowest BCUT2D eigenvalue weighted by Gasteiger charge is -2.19. The number of carboxylic acids is 1. The molecule has 278 valence electrons. The zero-order valence-electron chi connectivity index (χ0n) is 30.4. The Hall–Kier alpha value is -5.11. The molecule has 52 heavy (non-hydrogen) atoms. The summed E-state index contributed by atoms with van der Waals surface area (Å²) in [5, 5.41) is 14.9. The van der Waals surface area contributed by atoms with E-state index in [9.17, 15) is 27.9 Å². The van der Waals surface area contributed by atoms with Crippen molar-refractivity contribution in [3.63, 3.8) is 0 Å². The second-order valence-electron chi connectivity index (χ2n) is 14.0. The van der Waals surface area contributed by atoms with Gasteiger partial charge in [0.05, 0.1) is 11.4 Å². The van der Waals surface area contributed by atoms with Crippen molar-refractivity contribution in [3.05, 3.63) is 81.9 Å². The molecule has 5 N–H and O–H groups in total. The van der Waals surface area contributed by atoms with Gasteiger partial charge in [0.1, 0.15) is 24.0 Å². The van der Waals surface area contributed by atoms with Gasteiger partial charge in [0.15, 0.2) is 0 Å². The number of rotatable bonds is 13. The molecule has 1 heterocycles. The lowest BCUT2D eigenvalue weighted by molar-refractivity contribution is -0.139. The lowest BCUT2D eigenvalue weighted by atomic mass is 9.94. The molecule has 2 aliphatic rings. The number of likely N-dealkylation sites (N-methyl/N-ethyl adjacent to an activating group) is 1. The second-order valence-corrected chi connectivity index (χ2v) is 15.6. The van der Waals surface area contributed by atoms with Crippen molar-refractivity contribution in [3.8, 4) is 16.9 Å². The quantitative estimate of drug-likeness (QED) is 0.110. The molecule has 13 nitrogen and oxygen atoms in total. The molecule has 1 atom stereocenters. The molecular formula is C38H47N5O8S. The van der Waals surface area contributed by atoms with Crippen molar-refractivity contribution in [2.24, 2.45) is 10.1 Å². The molecule has 3 aromatic carbocycles. The third-order valence-corrected chi connectivity index (χ3v) is 11.3. The van der Waals surface area contributed by atoms with Crippen LogP contribution in [0.15, 0.2) is 57.8 Å². The number of guanidine groups is 1. The maximum Gasteiger partial charge on any atom is 0.407 e. The highest BCUT2D eigenvalue weighted by atomic mass is 32.2. The monoisotopic (exact) mass is 733 g/mol. The lowest BCUT2D eigenvalue weighted by Crippen LogP contribution is -2.42. The minimum Gasteiger partial charge on any atom is -0.487 e. The molecule has 1 aliphatic carbocycles. The Labute approximate surface area is 304 Å². The number of hydrogen-bond acceptors (Lipinski definition) is 7. The van der Waals surface area contributed by atoms with Gasteiger partial charge in [0.25, 0.3) is 10.0 Å². The van der Waals surface area contributed by atoms with Gasteiger partial charge in [-0.05, 0) is 92.8 Å². The molecule has 5 rings (SSSR count). The first kappa shape index (κ1) is 38.1. The highest BCUT2D eigenvalue weighted by Gasteiger charge is 2.37. The van der Waals surface area contributed by atoms with Gasteiger partial charge in [-0.25, -0.2) is 9.59 Å².